The summed E-state index contributed by atoms with van der Waals surface area (Å²) in [6, 6.07) is 6.06. The third-order valence-corrected chi connectivity index (χ3v) is 5.33. The smallest absolute Gasteiger partial charge is 0.266 e. The van der Waals surface area contributed by atoms with Crippen LogP contribution in [-0.2, 0) is 0 Å². The highest BCUT2D eigenvalue weighted by Gasteiger charge is 2.28. The van der Waals surface area contributed by atoms with E-state index >= 15 is 0 Å². The molecule has 3 nitrogen and oxygen atoms in total. The number of fused-ring (bicyclic) bond motifs is 1. The second-order valence-electron chi connectivity index (χ2n) is 5.58. The summed E-state index contributed by atoms with van der Waals surface area (Å²) < 4.78 is 1.14. The van der Waals surface area contributed by atoms with E-state index in [4.69, 9.17) is 5.73 Å². The van der Waals surface area contributed by atoms with Gasteiger partial charge in [0, 0.05) is 23.2 Å². The van der Waals surface area contributed by atoms with E-state index in [9.17, 15) is 4.79 Å². The summed E-state index contributed by atoms with van der Waals surface area (Å²) in [4.78, 5) is 15.3. The molecule has 0 bridgehead atoms. The molecule has 20 heavy (non-hydrogen) atoms. The van der Waals surface area contributed by atoms with Crippen molar-refractivity contribution in [3.05, 3.63) is 28.6 Å². The molecule has 1 aliphatic rings. The zero-order valence-corrected chi connectivity index (χ0v) is 12.8. The normalized spacial score (nSPS) is 14.7. The number of rotatable bonds is 4. The summed E-state index contributed by atoms with van der Waals surface area (Å²) >= 11 is 1.53. The molecule has 106 valence electrons. The van der Waals surface area contributed by atoms with Crippen LogP contribution in [0.2, 0.25) is 0 Å². The minimum Gasteiger partial charge on any atom is -0.397 e. The Morgan fingerprint density at radius 2 is 2.20 bits per heavy atom. The first kappa shape index (κ1) is 13.4. The van der Waals surface area contributed by atoms with Crippen LogP contribution in [0.4, 0.5) is 5.69 Å². The molecule has 4 heteroatoms. The van der Waals surface area contributed by atoms with Crippen LogP contribution in [0.5, 0.6) is 0 Å². The molecule has 0 spiro atoms. The topological polar surface area (TPSA) is 46.3 Å². The molecule has 0 saturated heterocycles. The molecule has 0 aliphatic heterocycles. The Morgan fingerprint density at radius 3 is 2.80 bits per heavy atom. The lowest BCUT2D eigenvalue weighted by atomic mass is 10.1. The fourth-order valence-electron chi connectivity index (χ4n) is 2.55. The molecule has 0 atom stereocenters. The number of nitrogens with zero attached hydrogens (tertiary/aromatic N) is 1. The van der Waals surface area contributed by atoms with Crippen LogP contribution < -0.4 is 5.73 Å². The first-order chi connectivity index (χ1) is 9.61. The highest BCUT2D eigenvalue weighted by atomic mass is 32.1. The molecule has 1 aromatic carbocycles. The zero-order chi connectivity index (χ0) is 14.3. The van der Waals surface area contributed by atoms with E-state index in [1.54, 1.807) is 0 Å². The maximum atomic E-state index is 12.7. The lowest BCUT2D eigenvalue weighted by Gasteiger charge is -2.20. The number of aryl methyl sites for hydroxylation is 1. The predicted octanol–water partition coefficient (Wildman–Crippen LogP) is 3.66. The van der Waals surface area contributed by atoms with E-state index in [0.29, 0.717) is 16.5 Å². The molecular weight excluding hydrogens is 268 g/mol. The molecule has 2 aromatic rings. The van der Waals surface area contributed by atoms with E-state index in [2.05, 4.69) is 13.0 Å². The van der Waals surface area contributed by atoms with E-state index < -0.39 is 0 Å². The fraction of sp³-hybridized carbons (Fsp3) is 0.438. The van der Waals surface area contributed by atoms with Crippen molar-refractivity contribution in [2.45, 2.75) is 26.7 Å². The SMILES string of the molecule is CCN(CC1CC1)C(=O)c1sc2c(C)cccc2c1N. The maximum Gasteiger partial charge on any atom is 0.266 e. The minimum atomic E-state index is 0.0949. The third kappa shape index (κ3) is 2.29. The Labute approximate surface area is 123 Å². The summed E-state index contributed by atoms with van der Waals surface area (Å²) in [6.07, 6.45) is 2.51. The standard InChI is InChI=1S/C16H20N2OS/c1-3-18(9-11-7-8-11)16(19)15-13(17)12-6-4-5-10(2)14(12)20-15/h4-6,11H,3,7-9,17H2,1-2H3. The summed E-state index contributed by atoms with van der Waals surface area (Å²) in [5.74, 6) is 0.800. The number of anilines is 1. The Kier molecular flexibility index (Phi) is 3.42. The van der Waals surface area contributed by atoms with Gasteiger partial charge in [-0.1, -0.05) is 18.2 Å². The molecule has 2 N–H and O–H groups in total. The van der Waals surface area contributed by atoms with Crippen LogP contribution in [0.25, 0.3) is 10.1 Å². The average molecular weight is 288 g/mol. The molecule has 0 unspecified atom stereocenters. The Hall–Kier alpha value is -1.55. The van der Waals surface area contributed by atoms with Gasteiger partial charge >= 0.3 is 0 Å². The van der Waals surface area contributed by atoms with Gasteiger partial charge in [0.2, 0.25) is 0 Å². The van der Waals surface area contributed by atoms with Crippen molar-refractivity contribution in [1.82, 2.24) is 4.90 Å². The van der Waals surface area contributed by atoms with Crippen LogP contribution in [0.1, 0.15) is 35.0 Å². The molecule has 1 amide bonds. The number of nitrogen functional groups attached to an aromatic ring is 1. The van der Waals surface area contributed by atoms with Crippen LogP contribution >= 0.6 is 11.3 Å². The summed E-state index contributed by atoms with van der Waals surface area (Å²) in [6.45, 7) is 5.73. The quantitative estimate of drug-likeness (QED) is 0.933. The van der Waals surface area contributed by atoms with Gasteiger partial charge in [-0.25, -0.2) is 0 Å². The van der Waals surface area contributed by atoms with Crippen LogP contribution in [0, 0.1) is 12.8 Å². The summed E-state index contributed by atoms with van der Waals surface area (Å²) in [5.41, 5.74) is 8.04. The number of hydrogen-bond donors (Lipinski definition) is 1. The molecule has 1 aromatic heterocycles. The molecule has 0 radical (unpaired) electrons. The van der Waals surface area contributed by atoms with Crippen molar-refractivity contribution in [3.63, 3.8) is 0 Å². The molecule has 1 fully saturated rings. The third-order valence-electron chi connectivity index (χ3n) is 3.99. The van der Waals surface area contributed by atoms with E-state index in [-0.39, 0.29) is 5.91 Å². The highest BCUT2D eigenvalue weighted by Crippen LogP contribution is 2.37. The van der Waals surface area contributed by atoms with Gasteiger partial charge in [-0.15, -0.1) is 11.3 Å². The lowest BCUT2D eigenvalue weighted by molar-refractivity contribution is 0.0763. The van der Waals surface area contributed by atoms with E-state index in [1.165, 1.54) is 29.7 Å². The van der Waals surface area contributed by atoms with Crippen LogP contribution in [-0.4, -0.2) is 23.9 Å². The second-order valence-corrected chi connectivity index (χ2v) is 6.60. The largest absolute Gasteiger partial charge is 0.397 e. The molecule has 1 heterocycles. The molecule has 1 aliphatic carbocycles. The van der Waals surface area contributed by atoms with Crippen molar-refractivity contribution in [2.75, 3.05) is 18.8 Å². The number of nitrogens with two attached hydrogens (primary N) is 1. The Balaban J connectivity index is 1.97. The Morgan fingerprint density at radius 1 is 1.45 bits per heavy atom. The van der Waals surface area contributed by atoms with E-state index in [0.717, 1.165) is 23.2 Å². The van der Waals surface area contributed by atoms with Crippen LogP contribution in [0.3, 0.4) is 0 Å². The first-order valence-electron chi connectivity index (χ1n) is 7.18. The van der Waals surface area contributed by atoms with Gasteiger partial charge in [-0.05, 0) is 38.2 Å². The van der Waals surface area contributed by atoms with Gasteiger partial charge in [-0.3, -0.25) is 4.79 Å². The number of hydrogen-bond acceptors (Lipinski definition) is 3. The fourth-order valence-corrected chi connectivity index (χ4v) is 3.71. The van der Waals surface area contributed by atoms with Gasteiger partial charge in [0.15, 0.2) is 0 Å². The van der Waals surface area contributed by atoms with Crippen molar-refractivity contribution >= 4 is 33.0 Å². The summed E-state index contributed by atoms with van der Waals surface area (Å²) in [7, 11) is 0. The van der Waals surface area contributed by atoms with Gasteiger partial charge < -0.3 is 10.6 Å². The summed E-state index contributed by atoms with van der Waals surface area (Å²) in [5, 5.41) is 1.01. The number of benzene rings is 1. The second kappa shape index (κ2) is 5.09. The monoisotopic (exact) mass is 288 g/mol. The Bertz CT molecular complexity index is 658. The molecule has 1 saturated carbocycles. The van der Waals surface area contributed by atoms with Gasteiger partial charge in [0.05, 0.1) is 5.69 Å². The first-order valence-corrected chi connectivity index (χ1v) is 8.00. The van der Waals surface area contributed by atoms with Crippen molar-refractivity contribution < 1.29 is 4.79 Å². The number of amides is 1. The van der Waals surface area contributed by atoms with Crippen molar-refractivity contribution in [3.8, 4) is 0 Å². The van der Waals surface area contributed by atoms with Crippen molar-refractivity contribution in [1.29, 1.82) is 0 Å². The minimum absolute atomic E-state index is 0.0949. The molecular formula is C16H20N2OS. The van der Waals surface area contributed by atoms with Gasteiger partial charge in [-0.2, -0.15) is 0 Å². The predicted molar refractivity (Wildman–Crippen MR) is 85.3 cm³/mol. The van der Waals surface area contributed by atoms with Gasteiger partial charge in [0.1, 0.15) is 4.88 Å². The number of thiophene rings is 1. The van der Waals surface area contributed by atoms with Gasteiger partial charge in [0.25, 0.3) is 5.91 Å². The maximum absolute atomic E-state index is 12.7. The average Bonchev–Trinajstić information content (AvgIpc) is 3.20. The molecule has 3 rings (SSSR count). The van der Waals surface area contributed by atoms with E-state index in [1.807, 2.05) is 24.0 Å². The highest BCUT2D eigenvalue weighted by molar-refractivity contribution is 7.21. The zero-order valence-electron chi connectivity index (χ0n) is 12.0. The number of carbonyl (C=O) groups is 1. The van der Waals surface area contributed by atoms with Crippen molar-refractivity contribution in [2.24, 2.45) is 5.92 Å². The number of carbonyl (C=O) groups excluding carboxylic acids is 1. The lowest BCUT2D eigenvalue weighted by Crippen LogP contribution is -2.32. The van der Waals surface area contributed by atoms with Crippen LogP contribution in [0.15, 0.2) is 18.2 Å².